The minimum absolute atomic E-state index is 0.0758. The van der Waals surface area contributed by atoms with Gasteiger partial charge >= 0.3 is 0 Å². The molecule has 3 aromatic carbocycles. The third kappa shape index (κ3) is 3.66. The lowest BCUT2D eigenvalue weighted by atomic mass is 9.84. The summed E-state index contributed by atoms with van der Waals surface area (Å²) in [6.07, 6.45) is 1.73. The number of benzene rings is 3. The van der Waals surface area contributed by atoms with Crippen molar-refractivity contribution in [3.63, 3.8) is 0 Å². The molecule has 0 saturated heterocycles. The second kappa shape index (κ2) is 7.88. The van der Waals surface area contributed by atoms with Crippen LogP contribution in [-0.4, -0.2) is 25.2 Å². The Morgan fingerprint density at radius 2 is 1.53 bits per heavy atom. The van der Waals surface area contributed by atoms with E-state index in [1.54, 1.807) is 54.6 Å². The SMILES string of the molecule is Cc1ccc(S(=O)(=O)N2CC=C(c3ccc(F)cc3)C(c3ccccc3)C2=O)cc1. The average Bonchev–Trinajstić information content (AvgIpc) is 2.75. The maximum atomic E-state index is 13.5. The van der Waals surface area contributed by atoms with Crippen LogP contribution in [-0.2, 0) is 14.8 Å². The van der Waals surface area contributed by atoms with Gasteiger partial charge in [0, 0.05) is 0 Å². The Labute approximate surface area is 175 Å². The van der Waals surface area contributed by atoms with Crippen LogP contribution in [0, 0.1) is 12.7 Å². The summed E-state index contributed by atoms with van der Waals surface area (Å²) >= 11 is 0. The highest BCUT2D eigenvalue weighted by Crippen LogP contribution is 2.38. The van der Waals surface area contributed by atoms with Crippen molar-refractivity contribution in [2.75, 3.05) is 6.54 Å². The molecular formula is C24H20FNO3S. The van der Waals surface area contributed by atoms with E-state index in [9.17, 15) is 17.6 Å². The average molecular weight is 421 g/mol. The Morgan fingerprint density at radius 1 is 0.900 bits per heavy atom. The molecule has 3 aromatic rings. The van der Waals surface area contributed by atoms with Gasteiger partial charge in [-0.1, -0.05) is 66.2 Å². The molecule has 0 spiro atoms. The molecule has 0 aliphatic carbocycles. The van der Waals surface area contributed by atoms with Crippen molar-refractivity contribution >= 4 is 21.5 Å². The summed E-state index contributed by atoms with van der Waals surface area (Å²) in [5, 5.41) is 0. The summed E-state index contributed by atoms with van der Waals surface area (Å²) in [7, 11) is -4.00. The van der Waals surface area contributed by atoms with Gasteiger partial charge in [-0.15, -0.1) is 0 Å². The van der Waals surface area contributed by atoms with E-state index in [0.29, 0.717) is 16.7 Å². The van der Waals surface area contributed by atoms with Gasteiger partial charge in [-0.05, 0) is 47.9 Å². The number of aryl methyl sites for hydroxylation is 1. The highest BCUT2D eigenvalue weighted by molar-refractivity contribution is 7.89. The van der Waals surface area contributed by atoms with Gasteiger partial charge in [0.05, 0.1) is 17.4 Å². The molecule has 1 aliphatic heterocycles. The summed E-state index contributed by atoms with van der Waals surface area (Å²) in [5.41, 5.74) is 2.97. The summed E-state index contributed by atoms with van der Waals surface area (Å²) in [6.45, 7) is 1.79. The minimum atomic E-state index is -4.00. The fraction of sp³-hybridized carbons (Fsp3) is 0.125. The predicted molar refractivity (Wildman–Crippen MR) is 114 cm³/mol. The largest absolute Gasteiger partial charge is 0.273 e. The highest BCUT2D eigenvalue weighted by Gasteiger charge is 2.39. The first-order valence-electron chi connectivity index (χ1n) is 9.52. The molecule has 0 saturated carbocycles. The zero-order valence-electron chi connectivity index (χ0n) is 16.3. The van der Waals surface area contributed by atoms with Crippen LogP contribution in [0.1, 0.15) is 22.6 Å². The topological polar surface area (TPSA) is 54.5 Å². The third-order valence-corrected chi connectivity index (χ3v) is 6.98. The molecule has 0 radical (unpaired) electrons. The van der Waals surface area contributed by atoms with Crippen LogP contribution >= 0.6 is 0 Å². The Kier molecular flexibility index (Phi) is 5.26. The molecule has 1 heterocycles. The number of rotatable bonds is 4. The van der Waals surface area contributed by atoms with Crippen LogP contribution in [0.2, 0.25) is 0 Å². The first-order chi connectivity index (χ1) is 14.4. The monoisotopic (exact) mass is 421 g/mol. The molecule has 4 nitrogen and oxygen atoms in total. The fourth-order valence-corrected chi connectivity index (χ4v) is 4.96. The minimum Gasteiger partial charge on any atom is -0.273 e. The van der Waals surface area contributed by atoms with Crippen molar-refractivity contribution in [3.8, 4) is 0 Å². The predicted octanol–water partition coefficient (Wildman–Crippen LogP) is 4.53. The molecule has 0 N–H and O–H groups in total. The van der Waals surface area contributed by atoms with Gasteiger partial charge in [-0.25, -0.2) is 17.1 Å². The first kappa shape index (κ1) is 20.0. The van der Waals surface area contributed by atoms with E-state index < -0.39 is 21.8 Å². The number of sulfonamides is 1. The van der Waals surface area contributed by atoms with E-state index in [-0.39, 0.29) is 17.3 Å². The van der Waals surface area contributed by atoms with Gasteiger partial charge in [0.15, 0.2) is 0 Å². The lowest BCUT2D eigenvalue weighted by Gasteiger charge is -2.32. The van der Waals surface area contributed by atoms with E-state index in [0.717, 1.165) is 9.87 Å². The van der Waals surface area contributed by atoms with Gasteiger partial charge in [0.25, 0.3) is 10.0 Å². The van der Waals surface area contributed by atoms with Gasteiger partial charge in [0.2, 0.25) is 5.91 Å². The number of carbonyl (C=O) groups excluding carboxylic acids is 1. The Bertz CT molecular complexity index is 1200. The zero-order valence-corrected chi connectivity index (χ0v) is 17.1. The maximum Gasteiger partial charge on any atom is 0.266 e. The lowest BCUT2D eigenvalue weighted by molar-refractivity contribution is -0.126. The van der Waals surface area contributed by atoms with E-state index in [2.05, 4.69) is 0 Å². The van der Waals surface area contributed by atoms with Crippen LogP contribution in [0.15, 0.2) is 89.8 Å². The van der Waals surface area contributed by atoms with E-state index >= 15 is 0 Å². The third-order valence-electron chi connectivity index (χ3n) is 5.20. The molecular weight excluding hydrogens is 401 g/mol. The van der Waals surface area contributed by atoms with Crippen LogP contribution < -0.4 is 0 Å². The van der Waals surface area contributed by atoms with Crippen molar-refractivity contribution in [2.24, 2.45) is 0 Å². The summed E-state index contributed by atoms with van der Waals surface area (Å²) in [5.74, 6) is -1.70. The Morgan fingerprint density at radius 3 is 2.17 bits per heavy atom. The summed E-state index contributed by atoms with van der Waals surface area (Å²) in [4.78, 5) is 13.6. The summed E-state index contributed by atoms with van der Waals surface area (Å²) < 4.78 is 40.7. The maximum absolute atomic E-state index is 13.5. The van der Waals surface area contributed by atoms with Crippen molar-refractivity contribution in [1.82, 2.24) is 4.31 Å². The van der Waals surface area contributed by atoms with E-state index in [1.165, 1.54) is 24.3 Å². The Hall–Kier alpha value is -3.25. The molecule has 0 fully saturated rings. The molecule has 152 valence electrons. The fourth-order valence-electron chi connectivity index (χ4n) is 3.61. The van der Waals surface area contributed by atoms with Crippen molar-refractivity contribution in [1.29, 1.82) is 0 Å². The molecule has 30 heavy (non-hydrogen) atoms. The number of hydrogen-bond acceptors (Lipinski definition) is 3. The molecule has 0 bridgehead atoms. The van der Waals surface area contributed by atoms with Crippen LogP contribution in [0.25, 0.3) is 5.57 Å². The number of carbonyl (C=O) groups is 1. The number of amides is 1. The molecule has 6 heteroatoms. The standard InChI is InChI=1S/C24H20FNO3S/c1-17-7-13-21(14-8-17)30(28,29)26-16-15-22(18-9-11-20(25)12-10-18)23(24(26)27)19-5-3-2-4-6-19/h2-15,23H,16H2,1H3. The number of halogens is 1. The Balaban J connectivity index is 1.81. The number of nitrogens with zero attached hydrogens (tertiary/aromatic N) is 1. The van der Waals surface area contributed by atoms with E-state index in [4.69, 9.17) is 0 Å². The van der Waals surface area contributed by atoms with Gasteiger partial charge in [-0.3, -0.25) is 4.79 Å². The van der Waals surface area contributed by atoms with Crippen molar-refractivity contribution in [2.45, 2.75) is 17.7 Å². The van der Waals surface area contributed by atoms with Gasteiger partial charge in [0.1, 0.15) is 5.82 Å². The van der Waals surface area contributed by atoms with Crippen LogP contribution in [0.4, 0.5) is 4.39 Å². The van der Waals surface area contributed by atoms with Crippen molar-refractivity contribution < 1.29 is 17.6 Å². The normalized spacial score (nSPS) is 17.0. The second-order valence-corrected chi connectivity index (χ2v) is 9.06. The van der Waals surface area contributed by atoms with Gasteiger partial charge < -0.3 is 0 Å². The second-order valence-electron chi connectivity index (χ2n) is 7.20. The zero-order chi connectivity index (χ0) is 21.3. The van der Waals surface area contributed by atoms with Gasteiger partial charge in [-0.2, -0.15) is 0 Å². The quantitative estimate of drug-likeness (QED) is 0.622. The van der Waals surface area contributed by atoms with Crippen molar-refractivity contribution in [3.05, 3.63) is 107 Å². The molecule has 0 aromatic heterocycles. The lowest BCUT2D eigenvalue weighted by Crippen LogP contribution is -2.43. The highest BCUT2D eigenvalue weighted by atomic mass is 32.2. The first-order valence-corrected chi connectivity index (χ1v) is 11.0. The molecule has 1 unspecified atom stereocenters. The molecule has 4 rings (SSSR count). The van der Waals surface area contributed by atoms with E-state index in [1.807, 2.05) is 13.0 Å². The molecule has 1 amide bonds. The van der Waals surface area contributed by atoms with Crippen LogP contribution in [0.5, 0.6) is 0 Å². The molecule has 1 atom stereocenters. The molecule has 1 aliphatic rings. The van der Waals surface area contributed by atoms with Crippen LogP contribution in [0.3, 0.4) is 0 Å². The smallest absolute Gasteiger partial charge is 0.266 e. The number of hydrogen-bond donors (Lipinski definition) is 0. The summed E-state index contributed by atoms with van der Waals surface area (Å²) in [6, 6.07) is 21.3.